The average Bonchev–Trinajstić information content (AvgIpc) is 2.29. The van der Waals surface area contributed by atoms with Gasteiger partial charge in [0.2, 0.25) is 0 Å². The zero-order valence-corrected chi connectivity index (χ0v) is 8.77. The maximum absolute atomic E-state index is 13.1. The molecule has 90 valence electrons. The van der Waals surface area contributed by atoms with Gasteiger partial charge in [-0.1, -0.05) is 5.59 Å². The number of hydrogen-bond acceptors (Lipinski definition) is 6. The van der Waals surface area contributed by atoms with Gasteiger partial charge in [-0.3, -0.25) is 4.79 Å². The van der Waals surface area contributed by atoms with Crippen LogP contribution in [0.15, 0.2) is 18.2 Å². The predicted molar refractivity (Wildman–Crippen MR) is 54.6 cm³/mol. The van der Waals surface area contributed by atoms with Crippen molar-refractivity contribution in [2.24, 2.45) is 5.84 Å². The summed E-state index contributed by atoms with van der Waals surface area (Å²) in [6.07, 6.45) is -0.0359. The Labute approximate surface area is 96.7 Å². The Hall–Kier alpha value is -2.17. The minimum absolute atomic E-state index is 0.0197. The van der Waals surface area contributed by atoms with Crippen molar-refractivity contribution >= 4 is 5.97 Å². The third-order valence-electron chi connectivity index (χ3n) is 1.81. The third kappa shape index (κ3) is 4.06. The molecule has 0 aliphatic heterocycles. The lowest BCUT2D eigenvalue weighted by atomic mass is 10.2. The van der Waals surface area contributed by atoms with Gasteiger partial charge >= 0.3 is 5.97 Å². The van der Waals surface area contributed by atoms with Crippen molar-refractivity contribution in [2.75, 3.05) is 6.61 Å². The molecule has 0 radical (unpaired) electrons. The average molecular weight is 239 g/mol. The summed E-state index contributed by atoms with van der Waals surface area (Å²) < 4.78 is 18.2. The smallest absolute Gasteiger partial charge is 0.329 e. The molecule has 0 fully saturated rings. The van der Waals surface area contributed by atoms with E-state index in [1.165, 1.54) is 12.1 Å². The fourth-order valence-electron chi connectivity index (χ4n) is 1.05. The maximum Gasteiger partial charge on any atom is 0.329 e. The van der Waals surface area contributed by atoms with Gasteiger partial charge in [0, 0.05) is 6.07 Å². The van der Waals surface area contributed by atoms with E-state index in [4.69, 9.17) is 15.8 Å². The van der Waals surface area contributed by atoms with Crippen molar-refractivity contribution in [2.45, 2.75) is 6.42 Å². The number of carbonyl (C=O) groups excluding carboxylic acids is 1. The monoisotopic (exact) mass is 239 g/mol. The first kappa shape index (κ1) is 12.9. The third-order valence-corrected chi connectivity index (χ3v) is 1.81. The van der Waals surface area contributed by atoms with Crippen molar-refractivity contribution in [1.29, 1.82) is 5.26 Å². The van der Waals surface area contributed by atoms with Crippen molar-refractivity contribution in [3.05, 3.63) is 29.6 Å². The van der Waals surface area contributed by atoms with Gasteiger partial charge < -0.3 is 9.57 Å². The Morgan fingerprint density at radius 2 is 2.35 bits per heavy atom. The fraction of sp³-hybridized carbons (Fsp3) is 0.200. The Bertz CT molecular complexity index is 445. The maximum atomic E-state index is 13.1. The van der Waals surface area contributed by atoms with Gasteiger partial charge in [-0.25, -0.2) is 10.2 Å². The Morgan fingerprint density at radius 1 is 1.59 bits per heavy atom. The number of nitrogens with two attached hydrogens (primary N) is 1. The molecule has 3 N–H and O–H groups in total. The summed E-state index contributed by atoms with van der Waals surface area (Å²) in [6.45, 7) is 0.0197. The molecule has 0 atom stereocenters. The molecule has 0 saturated heterocycles. The zero-order chi connectivity index (χ0) is 12.7. The second kappa shape index (κ2) is 6.42. The number of nitrogens with zero attached hydrogens (tertiary/aromatic N) is 1. The van der Waals surface area contributed by atoms with Gasteiger partial charge in [-0.05, 0) is 12.1 Å². The first-order valence-electron chi connectivity index (χ1n) is 4.65. The van der Waals surface area contributed by atoms with Crippen LogP contribution in [0, 0.1) is 17.1 Å². The predicted octanol–water partition coefficient (Wildman–Crippen LogP) is 0.388. The molecule has 1 rings (SSSR count). The summed E-state index contributed by atoms with van der Waals surface area (Å²) in [5.41, 5.74) is 1.67. The Kier molecular flexibility index (Phi) is 4.87. The molecule has 0 heterocycles. The lowest BCUT2D eigenvalue weighted by Gasteiger charge is -2.06. The topological polar surface area (TPSA) is 97.4 Å². The van der Waals surface area contributed by atoms with Crippen LogP contribution in [0.2, 0.25) is 0 Å². The van der Waals surface area contributed by atoms with E-state index >= 15 is 0 Å². The van der Waals surface area contributed by atoms with Crippen LogP contribution in [0.25, 0.3) is 0 Å². The molecular formula is C10H10FN3O3. The van der Waals surface area contributed by atoms with Crippen LogP contribution in [0.1, 0.15) is 12.0 Å². The van der Waals surface area contributed by atoms with E-state index in [2.05, 4.69) is 4.84 Å². The Balaban J connectivity index is 2.45. The number of nitrogens with one attached hydrogen (secondary N) is 1. The largest absolute Gasteiger partial charge is 0.493 e. The molecule has 1 aromatic carbocycles. The summed E-state index contributed by atoms with van der Waals surface area (Å²) in [7, 11) is 0. The molecule has 0 amide bonds. The number of carbonyl (C=O) groups is 1. The van der Waals surface area contributed by atoms with Crippen LogP contribution >= 0.6 is 0 Å². The van der Waals surface area contributed by atoms with E-state index < -0.39 is 11.8 Å². The quantitative estimate of drug-likeness (QED) is 0.569. The molecule has 6 nitrogen and oxygen atoms in total. The van der Waals surface area contributed by atoms with Gasteiger partial charge in [0.05, 0.1) is 18.6 Å². The van der Waals surface area contributed by atoms with Crippen LogP contribution in [-0.4, -0.2) is 12.6 Å². The molecule has 0 spiro atoms. The molecule has 0 saturated carbocycles. The summed E-state index contributed by atoms with van der Waals surface area (Å²) >= 11 is 0. The normalized spacial score (nSPS) is 9.47. The second-order valence-corrected chi connectivity index (χ2v) is 2.94. The molecule has 17 heavy (non-hydrogen) atoms. The highest BCUT2D eigenvalue weighted by Crippen LogP contribution is 2.16. The Morgan fingerprint density at radius 3 is 2.94 bits per heavy atom. The van der Waals surface area contributed by atoms with Crippen LogP contribution in [0.5, 0.6) is 5.75 Å². The van der Waals surface area contributed by atoms with Gasteiger partial charge in [0.25, 0.3) is 0 Å². The highest BCUT2D eigenvalue weighted by atomic mass is 19.1. The molecule has 0 aliphatic rings. The zero-order valence-electron chi connectivity index (χ0n) is 8.77. The number of rotatable bonds is 5. The summed E-state index contributed by atoms with van der Waals surface area (Å²) in [4.78, 5) is 15.1. The summed E-state index contributed by atoms with van der Waals surface area (Å²) in [5, 5.41) is 8.51. The molecular weight excluding hydrogens is 229 g/mol. The lowest BCUT2D eigenvalue weighted by Crippen LogP contribution is -2.26. The van der Waals surface area contributed by atoms with Crippen LogP contribution in [-0.2, 0) is 9.63 Å². The van der Waals surface area contributed by atoms with E-state index in [-0.39, 0.29) is 24.3 Å². The van der Waals surface area contributed by atoms with E-state index in [0.717, 1.165) is 6.07 Å². The summed E-state index contributed by atoms with van der Waals surface area (Å²) in [5.74, 6) is 3.72. The first-order chi connectivity index (χ1) is 8.17. The van der Waals surface area contributed by atoms with Crippen molar-refractivity contribution < 1.29 is 18.8 Å². The van der Waals surface area contributed by atoms with Crippen LogP contribution < -0.4 is 16.2 Å². The number of hydrazine groups is 1. The van der Waals surface area contributed by atoms with Gasteiger partial charge in [-0.2, -0.15) is 5.26 Å². The molecule has 0 aromatic heterocycles. The minimum atomic E-state index is -0.670. The second-order valence-electron chi connectivity index (χ2n) is 2.94. The number of benzene rings is 1. The molecule has 0 aliphatic carbocycles. The van der Waals surface area contributed by atoms with E-state index in [9.17, 15) is 9.18 Å². The first-order valence-corrected chi connectivity index (χ1v) is 4.65. The molecule has 0 bridgehead atoms. The molecule has 7 heteroatoms. The molecule has 0 unspecified atom stereocenters. The number of hydrogen-bond donors (Lipinski definition) is 2. The SMILES string of the molecule is N#Cc1ccc(OCCC(=O)ONN)cc1F. The van der Waals surface area contributed by atoms with Crippen LogP contribution in [0.4, 0.5) is 4.39 Å². The number of ether oxygens (including phenoxy) is 1. The summed E-state index contributed by atoms with van der Waals surface area (Å²) in [6, 6.07) is 5.50. The lowest BCUT2D eigenvalue weighted by molar-refractivity contribution is -0.151. The van der Waals surface area contributed by atoms with E-state index in [1.807, 2.05) is 0 Å². The standard InChI is InChI=1S/C10H10FN3O3/c11-9-5-8(2-1-7(9)6-12)16-4-3-10(15)17-14-13/h1-2,5,14H,3-4,13H2. The minimum Gasteiger partial charge on any atom is -0.493 e. The van der Waals surface area contributed by atoms with Crippen LogP contribution in [0.3, 0.4) is 0 Å². The highest BCUT2D eigenvalue weighted by Gasteiger charge is 2.05. The fourth-order valence-corrected chi connectivity index (χ4v) is 1.05. The van der Waals surface area contributed by atoms with Gasteiger partial charge in [0.15, 0.2) is 0 Å². The van der Waals surface area contributed by atoms with Crippen molar-refractivity contribution in [3.63, 3.8) is 0 Å². The van der Waals surface area contributed by atoms with E-state index in [0.29, 0.717) is 0 Å². The number of halogens is 1. The molecule has 1 aromatic rings. The van der Waals surface area contributed by atoms with Gasteiger partial charge in [-0.15, -0.1) is 0 Å². The van der Waals surface area contributed by atoms with E-state index in [1.54, 1.807) is 11.7 Å². The number of nitriles is 1. The highest BCUT2D eigenvalue weighted by molar-refractivity contribution is 5.69. The van der Waals surface area contributed by atoms with Crippen molar-refractivity contribution in [3.8, 4) is 11.8 Å². The van der Waals surface area contributed by atoms with Gasteiger partial charge in [0.1, 0.15) is 17.6 Å². The van der Waals surface area contributed by atoms with Crippen molar-refractivity contribution in [1.82, 2.24) is 5.59 Å².